The summed E-state index contributed by atoms with van der Waals surface area (Å²) in [6, 6.07) is 0.287. The number of nitrogens with zero attached hydrogens (tertiary/aromatic N) is 1. The van der Waals surface area contributed by atoms with Crippen molar-refractivity contribution in [3.8, 4) is 0 Å². The predicted molar refractivity (Wildman–Crippen MR) is 92.4 cm³/mol. The summed E-state index contributed by atoms with van der Waals surface area (Å²) in [5.74, 6) is -0.225. The number of hydrogen-bond acceptors (Lipinski definition) is 3. The van der Waals surface area contributed by atoms with Gasteiger partial charge in [-0.05, 0) is 26.2 Å². The van der Waals surface area contributed by atoms with Gasteiger partial charge in [0.25, 0.3) is 0 Å². The average Bonchev–Trinajstić information content (AvgIpc) is 2.55. The molecule has 23 heavy (non-hydrogen) atoms. The van der Waals surface area contributed by atoms with Crippen LogP contribution in [0, 0.1) is 0 Å². The van der Waals surface area contributed by atoms with Gasteiger partial charge in [0.15, 0.2) is 0 Å². The first kappa shape index (κ1) is 19.8. The number of esters is 1. The van der Waals surface area contributed by atoms with Crippen LogP contribution in [0.25, 0.3) is 0 Å². The van der Waals surface area contributed by atoms with Crippen molar-refractivity contribution in [3.63, 3.8) is 0 Å². The van der Waals surface area contributed by atoms with Crippen LogP contribution in [0.4, 0.5) is 4.79 Å². The van der Waals surface area contributed by atoms with Gasteiger partial charge in [-0.25, -0.2) is 4.79 Å². The van der Waals surface area contributed by atoms with E-state index in [1.54, 1.807) is 11.8 Å². The van der Waals surface area contributed by atoms with Gasteiger partial charge in [0.2, 0.25) is 0 Å². The van der Waals surface area contributed by atoms with E-state index in [9.17, 15) is 9.59 Å². The van der Waals surface area contributed by atoms with Gasteiger partial charge in [-0.2, -0.15) is 0 Å². The number of urea groups is 1. The summed E-state index contributed by atoms with van der Waals surface area (Å²) in [7, 11) is 0. The number of nitrogens with one attached hydrogen (secondary N) is 1. The first-order valence-corrected chi connectivity index (χ1v) is 9.38. The van der Waals surface area contributed by atoms with Gasteiger partial charge in [0.05, 0.1) is 13.0 Å². The third-order valence-corrected chi connectivity index (χ3v) is 4.39. The van der Waals surface area contributed by atoms with Crippen molar-refractivity contribution in [2.75, 3.05) is 19.7 Å². The molecule has 134 valence electrons. The number of amides is 2. The van der Waals surface area contributed by atoms with E-state index in [-0.39, 0.29) is 18.4 Å². The molecule has 5 nitrogen and oxygen atoms in total. The predicted octanol–water partition coefficient (Wildman–Crippen LogP) is 3.86. The zero-order valence-corrected chi connectivity index (χ0v) is 14.9. The minimum Gasteiger partial charge on any atom is -0.466 e. The minimum atomic E-state index is -0.225. The smallest absolute Gasteiger partial charge is 0.317 e. The Morgan fingerprint density at radius 1 is 1.04 bits per heavy atom. The maximum Gasteiger partial charge on any atom is 0.317 e. The fraction of sp³-hybridized carbons (Fsp3) is 0.889. The van der Waals surface area contributed by atoms with Crippen molar-refractivity contribution in [1.82, 2.24) is 10.2 Å². The second-order valence-electron chi connectivity index (χ2n) is 6.39. The Balaban J connectivity index is 2.42. The maximum atomic E-state index is 12.5. The SMILES string of the molecule is CCCCCCN(CCC(=O)OCC)C(=O)NC1CCCCC1. The highest BCUT2D eigenvalue weighted by Crippen LogP contribution is 2.17. The lowest BCUT2D eigenvalue weighted by atomic mass is 9.96. The van der Waals surface area contributed by atoms with Crippen LogP contribution in [0.15, 0.2) is 0 Å². The van der Waals surface area contributed by atoms with Crippen LogP contribution in [0.1, 0.15) is 78.1 Å². The lowest BCUT2D eigenvalue weighted by Gasteiger charge is -2.28. The molecule has 2 amide bonds. The summed E-state index contributed by atoms with van der Waals surface area (Å²) in [5.41, 5.74) is 0. The molecule has 0 bridgehead atoms. The van der Waals surface area contributed by atoms with E-state index in [0.29, 0.717) is 19.2 Å². The summed E-state index contributed by atoms with van der Waals surface area (Å²) in [4.78, 5) is 25.9. The average molecular weight is 326 g/mol. The van der Waals surface area contributed by atoms with E-state index in [2.05, 4.69) is 12.2 Å². The Morgan fingerprint density at radius 2 is 1.78 bits per heavy atom. The van der Waals surface area contributed by atoms with E-state index < -0.39 is 0 Å². The molecule has 1 aliphatic rings. The van der Waals surface area contributed by atoms with E-state index in [4.69, 9.17) is 4.74 Å². The molecule has 0 saturated heterocycles. The molecule has 5 heteroatoms. The highest BCUT2D eigenvalue weighted by Gasteiger charge is 2.20. The van der Waals surface area contributed by atoms with Crippen molar-refractivity contribution in [3.05, 3.63) is 0 Å². The Bertz CT molecular complexity index is 341. The first-order valence-electron chi connectivity index (χ1n) is 9.38. The molecule has 1 fully saturated rings. The Kier molecular flexibility index (Phi) is 10.5. The van der Waals surface area contributed by atoms with Crippen LogP contribution in [0.5, 0.6) is 0 Å². The van der Waals surface area contributed by atoms with Gasteiger partial charge in [-0.3, -0.25) is 4.79 Å². The standard InChI is InChI=1S/C18H34N2O3/c1-3-5-6-10-14-20(15-13-17(21)23-4-2)18(22)19-16-11-8-7-9-12-16/h16H,3-15H2,1-2H3,(H,19,22). The minimum absolute atomic E-state index is 0.0160. The normalized spacial score (nSPS) is 15.2. The van der Waals surface area contributed by atoms with E-state index >= 15 is 0 Å². The zero-order valence-electron chi connectivity index (χ0n) is 14.9. The van der Waals surface area contributed by atoms with Crippen LogP contribution in [0.3, 0.4) is 0 Å². The summed E-state index contributed by atoms with van der Waals surface area (Å²) >= 11 is 0. The van der Waals surface area contributed by atoms with E-state index in [1.807, 2.05) is 0 Å². The van der Waals surface area contributed by atoms with Crippen LogP contribution in [0.2, 0.25) is 0 Å². The number of carbonyl (C=O) groups is 2. The molecule has 0 aromatic carbocycles. The van der Waals surface area contributed by atoms with Crippen molar-refractivity contribution < 1.29 is 14.3 Å². The molecular weight excluding hydrogens is 292 g/mol. The van der Waals surface area contributed by atoms with Crippen LogP contribution >= 0.6 is 0 Å². The second kappa shape index (κ2) is 12.2. The molecule has 0 radical (unpaired) electrons. The molecule has 1 rings (SSSR count). The molecule has 0 aromatic rings. The lowest BCUT2D eigenvalue weighted by Crippen LogP contribution is -2.46. The molecule has 0 spiro atoms. The second-order valence-corrected chi connectivity index (χ2v) is 6.39. The number of ether oxygens (including phenoxy) is 1. The molecule has 0 aliphatic heterocycles. The maximum absolute atomic E-state index is 12.5. The van der Waals surface area contributed by atoms with Gasteiger partial charge in [-0.15, -0.1) is 0 Å². The molecule has 0 aromatic heterocycles. The van der Waals surface area contributed by atoms with Gasteiger partial charge >= 0.3 is 12.0 Å². The molecule has 0 unspecified atom stereocenters. The number of hydrogen-bond donors (Lipinski definition) is 1. The molecule has 1 N–H and O–H groups in total. The quantitative estimate of drug-likeness (QED) is 0.490. The van der Waals surface area contributed by atoms with Crippen molar-refractivity contribution in [2.45, 2.75) is 84.1 Å². The fourth-order valence-corrected chi connectivity index (χ4v) is 3.02. The summed E-state index contributed by atoms with van der Waals surface area (Å²) in [6.45, 7) is 5.54. The summed E-state index contributed by atoms with van der Waals surface area (Å²) in [6.07, 6.45) is 10.6. The molecule has 1 saturated carbocycles. The Hall–Kier alpha value is -1.26. The zero-order chi connectivity index (χ0) is 16.9. The number of rotatable bonds is 10. The molecule has 1 aliphatic carbocycles. The number of unbranched alkanes of at least 4 members (excludes halogenated alkanes) is 3. The van der Waals surface area contributed by atoms with Crippen molar-refractivity contribution in [1.29, 1.82) is 0 Å². The number of carbonyl (C=O) groups excluding carboxylic acids is 2. The summed E-state index contributed by atoms with van der Waals surface area (Å²) < 4.78 is 4.97. The van der Waals surface area contributed by atoms with Crippen LogP contribution < -0.4 is 5.32 Å². The van der Waals surface area contributed by atoms with Crippen LogP contribution in [-0.4, -0.2) is 42.6 Å². The highest BCUT2D eigenvalue weighted by molar-refractivity contribution is 5.76. The van der Waals surface area contributed by atoms with Crippen molar-refractivity contribution in [2.24, 2.45) is 0 Å². The van der Waals surface area contributed by atoms with Crippen LogP contribution in [-0.2, 0) is 9.53 Å². The Labute approximate surface area is 141 Å². The van der Waals surface area contributed by atoms with E-state index in [0.717, 1.165) is 32.2 Å². The highest BCUT2D eigenvalue weighted by atomic mass is 16.5. The topological polar surface area (TPSA) is 58.6 Å². The third-order valence-electron chi connectivity index (χ3n) is 4.39. The fourth-order valence-electron chi connectivity index (χ4n) is 3.02. The molecular formula is C18H34N2O3. The first-order chi connectivity index (χ1) is 11.2. The molecule has 0 heterocycles. The molecule has 0 atom stereocenters. The van der Waals surface area contributed by atoms with Gasteiger partial charge in [0.1, 0.15) is 0 Å². The van der Waals surface area contributed by atoms with Gasteiger partial charge in [-0.1, -0.05) is 45.4 Å². The third kappa shape index (κ3) is 8.82. The summed E-state index contributed by atoms with van der Waals surface area (Å²) in [5, 5.41) is 3.15. The van der Waals surface area contributed by atoms with Gasteiger partial charge < -0.3 is 15.0 Å². The van der Waals surface area contributed by atoms with E-state index in [1.165, 1.54) is 32.1 Å². The van der Waals surface area contributed by atoms with Crippen molar-refractivity contribution >= 4 is 12.0 Å². The largest absolute Gasteiger partial charge is 0.466 e. The Morgan fingerprint density at radius 3 is 2.43 bits per heavy atom. The lowest BCUT2D eigenvalue weighted by molar-refractivity contribution is -0.143. The van der Waals surface area contributed by atoms with Gasteiger partial charge in [0, 0.05) is 19.1 Å². The monoisotopic (exact) mass is 326 g/mol.